The van der Waals surface area contributed by atoms with E-state index in [0.29, 0.717) is 12.8 Å². The average Bonchev–Trinajstić information content (AvgIpc) is 3.13. The molecule has 0 radical (unpaired) electrons. The van der Waals surface area contributed by atoms with Gasteiger partial charge in [-0.25, -0.2) is 0 Å². The zero-order chi connectivity index (χ0) is 39.9. The zero-order valence-corrected chi connectivity index (χ0v) is 33.9. The summed E-state index contributed by atoms with van der Waals surface area (Å²) in [5.74, 6) is -2.01. The molecular formula is C41H72O12S. The summed E-state index contributed by atoms with van der Waals surface area (Å²) in [6.07, 6.45) is 24.8. The van der Waals surface area contributed by atoms with Crippen molar-refractivity contribution in [1.29, 1.82) is 0 Å². The van der Waals surface area contributed by atoms with Crippen molar-refractivity contribution in [2.45, 2.75) is 192 Å². The molecule has 1 fully saturated rings. The SMILES string of the molecule is CC/C=C/C/C=C/C/C=C/CCCCCCCC(=O)O[C@H](COC(=O)CCCCCCCCCCCCC)CO[C@H]1O[C@H](CS(=O)(=O)O)[C@@H](O)C(O)C1O. The highest BCUT2D eigenvalue weighted by molar-refractivity contribution is 7.85. The Morgan fingerprint density at radius 2 is 1.17 bits per heavy atom. The Labute approximate surface area is 325 Å². The summed E-state index contributed by atoms with van der Waals surface area (Å²) in [4.78, 5) is 25.3. The lowest BCUT2D eigenvalue weighted by Gasteiger charge is -2.40. The number of carbonyl (C=O) groups excluding carboxylic acids is 2. The highest BCUT2D eigenvalue weighted by Gasteiger charge is 2.46. The molecule has 0 aliphatic carbocycles. The molecule has 0 amide bonds. The van der Waals surface area contributed by atoms with E-state index in [9.17, 15) is 37.9 Å². The molecule has 13 heteroatoms. The molecule has 0 saturated carbocycles. The maximum atomic E-state index is 12.8. The third kappa shape index (κ3) is 26.6. The fourth-order valence-electron chi connectivity index (χ4n) is 6.04. The van der Waals surface area contributed by atoms with Crippen LogP contribution in [0.4, 0.5) is 0 Å². The van der Waals surface area contributed by atoms with Crippen LogP contribution < -0.4 is 0 Å². The standard InChI is InChI=1S/C41H72O12S/c1-3-5-7-9-11-13-15-16-17-18-20-22-24-26-28-30-37(43)52-34(31-50-36(42)29-27-25-23-21-19-14-12-10-8-6-4-2)32-51-41-40(46)39(45)38(44)35(53-41)33-54(47,48)49/h5,7,11,13,16-17,34-35,38-41,44-46H,3-4,6,8-10,12,14-15,18-33H2,1-2H3,(H,47,48,49)/b7-5+,13-11+,17-16+/t34-,35-,38-,39?,40?,41+/m1/s1. The minimum atomic E-state index is -4.60. The molecule has 54 heavy (non-hydrogen) atoms. The summed E-state index contributed by atoms with van der Waals surface area (Å²) < 4.78 is 53.9. The highest BCUT2D eigenvalue weighted by atomic mass is 32.2. The van der Waals surface area contributed by atoms with Crippen LogP contribution in [-0.2, 0) is 38.7 Å². The first-order valence-electron chi connectivity index (χ1n) is 20.5. The molecule has 1 aliphatic rings. The molecule has 0 spiro atoms. The third-order valence-corrected chi connectivity index (χ3v) is 9.98. The molecule has 314 valence electrons. The normalized spacial score (nSPS) is 21.3. The number of ether oxygens (including phenoxy) is 4. The van der Waals surface area contributed by atoms with Crippen LogP contribution in [0.15, 0.2) is 36.5 Å². The van der Waals surface area contributed by atoms with Crippen molar-refractivity contribution in [3.8, 4) is 0 Å². The molecule has 1 rings (SSSR count). The number of carbonyl (C=O) groups is 2. The fourth-order valence-corrected chi connectivity index (χ4v) is 6.73. The third-order valence-electron chi connectivity index (χ3n) is 9.23. The van der Waals surface area contributed by atoms with Crippen LogP contribution in [0.3, 0.4) is 0 Å². The van der Waals surface area contributed by atoms with Gasteiger partial charge in [-0.05, 0) is 44.9 Å². The van der Waals surface area contributed by atoms with Gasteiger partial charge in [0.25, 0.3) is 10.1 Å². The topological polar surface area (TPSA) is 186 Å². The molecule has 1 aliphatic heterocycles. The van der Waals surface area contributed by atoms with Gasteiger partial charge in [0, 0.05) is 12.8 Å². The Bertz CT molecular complexity index is 1150. The van der Waals surface area contributed by atoms with Crippen LogP contribution in [0.1, 0.15) is 155 Å². The number of aliphatic hydroxyl groups excluding tert-OH is 3. The van der Waals surface area contributed by atoms with Gasteiger partial charge in [-0.2, -0.15) is 8.42 Å². The highest BCUT2D eigenvalue weighted by Crippen LogP contribution is 2.24. The van der Waals surface area contributed by atoms with Crippen LogP contribution in [0, 0.1) is 0 Å². The van der Waals surface area contributed by atoms with E-state index in [0.717, 1.165) is 70.6 Å². The summed E-state index contributed by atoms with van der Waals surface area (Å²) >= 11 is 0. The number of rotatable bonds is 33. The van der Waals surface area contributed by atoms with Crippen LogP contribution in [0.5, 0.6) is 0 Å². The van der Waals surface area contributed by atoms with Gasteiger partial charge < -0.3 is 34.3 Å². The molecule has 1 saturated heterocycles. The Balaban J connectivity index is 2.51. The predicted molar refractivity (Wildman–Crippen MR) is 210 cm³/mol. The smallest absolute Gasteiger partial charge is 0.306 e. The lowest BCUT2D eigenvalue weighted by Crippen LogP contribution is -2.60. The summed E-state index contributed by atoms with van der Waals surface area (Å²) in [7, 11) is -4.60. The van der Waals surface area contributed by atoms with E-state index in [2.05, 4.69) is 50.3 Å². The van der Waals surface area contributed by atoms with Crippen molar-refractivity contribution in [3.63, 3.8) is 0 Å². The number of hydrogen-bond acceptors (Lipinski definition) is 11. The second kappa shape index (κ2) is 32.0. The van der Waals surface area contributed by atoms with Crippen molar-refractivity contribution in [2.24, 2.45) is 0 Å². The van der Waals surface area contributed by atoms with Crippen LogP contribution in [-0.4, -0.2) is 96.0 Å². The number of allylic oxidation sites excluding steroid dienone is 6. The minimum Gasteiger partial charge on any atom is -0.462 e. The molecule has 1 heterocycles. The molecule has 0 aromatic carbocycles. The van der Waals surface area contributed by atoms with Gasteiger partial charge in [0.2, 0.25) is 0 Å². The first-order chi connectivity index (χ1) is 26.0. The second-order valence-corrected chi connectivity index (χ2v) is 15.8. The van der Waals surface area contributed by atoms with Crippen molar-refractivity contribution in [3.05, 3.63) is 36.5 Å². The van der Waals surface area contributed by atoms with Crippen molar-refractivity contribution in [2.75, 3.05) is 19.0 Å². The second-order valence-electron chi connectivity index (χ2n) is 14.3. The number of aliphatic hydroxyl groups is 3. The summed E-state index contributed by atoms with van der Waals surface area (Å²) in [5, 5.41) is 30.8. The molecule has 0 aromatic rings. The van der Waals surface area contributed by atoms with E-state index in [-0.39, 0.29) is 19.4 Å². The van der Waals surface area contributed by atoms with Gasteiger partial charge in [0.05, 0.1) is 6.61 Å². The van der Waals surface area contributed by atoms with E-state index in [1.807, 2.05) is 0 Å². The molecule has 12 nitrogen and oxygen atoms in total. The van der Waals surface area contributed by atoms with E-state index in [1.165, 1.54) is 44.9 Å². The average molecular weight is 789 g/mol. The molecular weight excluding hydrogens is 717 g/mol. The number of hydrogen-bond donors (Lipinski definition) is 4. The van der Waals surface area contributed by atoms with Gasteiger partial charge in [0.15, 0.2) is 12.4 Å². The van der Waals surface area contributed by atoms with E-state index in [1.54, 1.807) is 0 Å². The quantitative estimate of drug-likeness (QED) is 0.0223. The predicted octanol–water partition coefficient (Wildman–Crippen LogP) is 7.44. The van der Waals surface area contributed by atoms with Gasteiger partial charge in [-0.15, -0.1) is 0 Å². The monoisotopic (exact) mass is 788 g/mol. The Morgan fingerprint density at radius 3 is 1.74 bits per heavy atom. The van der Waals surface area contributed by atoms with E-state index in [4.69, 9.17) is 18.9 Å². The number of unbranched alkanes of at least 4 members (excludes halogenated alkanes) is 15. The van der Waals surface area contributed by atoms with Gasteiger partial charge in [0.1, 0.15) is 36.8 Å². The van der Waals surface area contributed by atoms with E-state index >= 15 is 0 Å². The fraction of sp³-hybridized carbons (Fsp3) is 0.805. The van der Waals surface area contributed by atoms with E-state index < -0.39 is 71.2 Å². The van der Waals surface area contributed by atoms with Gasteiger partial charge in [-0.1, -0.05) is 134 Å². The first-order valence-corrected chi connectivity index (χ1v) is 22.2. The maximum Gasteiger partial charge on any atom is 0.306 e. The molecule has 0 bridgehead atoms. The molecule has 0 aromatic heterocycles. The van der Waals surface area contributed by atoms with Gasteiger partial charge in [-0.3, -0.25) is 14.1 Å². The van der Waals surface area contributed by atoms with Crippen LogP contribution >= 0.6 is 0 Å². The Hall–Kier alpha value is -2.13. The van der Waals surface area contributed by atoms with Crippen LogP contribution in [0.2, 0.25) is 0 Å². The first kappa shape index (κ1) is 49.9. The zero-order valence-electron chi connectivity index (χ0n) is 33.1. The maximum absolute atomic E-state index is 12.8. The van der Waals surface area contributed by atoms with Crippen LogP contribution in [0.25, 0.3) is 0 Å². The Morgan fingerprint density at radius 1 is 0.648 bits per heavy atom. The number of esters is 2. The summed E-state index contributed by atoms with van der Waals surface area (Å²) in [6.45, 7) is 3.60. The van der Waals surface area contributed by atoms with Crippen molar-refractivity contribution < 1.29 is 56.8 Å². The van der Waals surface area contributed by atoms with Gasteiger partial charge >= 0.3 is 11.9 Å². The molecule has 2 unspecified atom stereocenters. The lowest BCUT2D eigenvalue weighted by atomic mass is 10.00. The molecule has 6 atom stereocenters. The summed E-state index contributed by atoms with van der Waals surface area (Å²) in [6, 6.07) is 0. The largest absolute Gasteiger partial charge is 0.462 e. The van der Waals surface area contributed by atoms with Crippen molar-refractivity contribution in [1.82, 2.24) is 0 Å². The summed E-state index contributed by atoms with van der Waals surface area (Å²) in [5.41, 5.74) is 0. The van der Waals surface area contributed by atoms with Crippen molar-refractivity contribution >= 4 is 22.1 Å². The lowest BCUT2D eigenvalue weighted by molar-refractivity contribution is -0.297. The minimum absolute atomic E-state index is 0.146. The molecule has 4 N–H and O–H groups in total. The Kier molecular flexibility index (Phi) is 29.6.